The molecule has 9 rings (SSSR count). The molecule has 0 aliphatic carbocycles. The number of anilines is 3. The van der Waals surface area contributed by atoms with E-state index in [1.54, 1.807) is 0 Å². The van der Waals surface area contributed by atoms with Crippen LogP contribution in [0.1, 0.15) is 0 Å². The van der Waals surface area contributed by atoms with Gasteiger partial charge in [0.15, 0.2) is 0 Å². The monoisotopic (exact) mass is 603 g/mol. The first-order valence-electron chi connectivity index (χ1n) is 15.7. The largest absolute Gasteiger partial charge is 0.309 e. The molecule has 0 atom stereocenters. The SMILES string of the molecule is c1ccc(-c2ccccc2N(c2ccc(-c3cccc4c3sc3ccccc34)cc2)c2cc3ccccc3c3ccccc23)cc1. The van der Waals surface area contributed by atoms with Crippen molar-refractivity contribution < 1.29 is 0 Å². The first kappa shape index (κ1) is 26.7. The smallest absolute Gasteiger partial charge is 0.0546 e. The molecule has 0 aliphatic rings. The fraction of sp³-hybridized carbons (Fsp3) is 0. The molecule has 0 saturated carbocycles. The molecular weight excluding hydrogens is 575 g/mol. The molecule has 1 aromatic heterocycles. The van der Waals surface area contributed by atoms with Crippen LogP contribution in [0.4, 0.5) is 17.1 Å². The van der Waals surface area contributed by atoms with Crippen molar-refractivity contribution in [1.29, 1.82) is 0 Å². The van der Waals surface area contributed by atoms with Crippen LogP contribution in [-0.2, 0) is 0 Å². The van der Waals surface area contributed by atoms with Crippen LogP contribution in [-0.4, -0.2) is 0 Å². The minimum absolute atomic E-state index is 1.12. The van der Waals surface area contributed by atoms with Crippen molar-refractivity contribution in [2.45, 2.75) is 0 Å². The third-order valence-corrected chi connectivity index (χ3v) is 10.3. The predicted molar refractivity (Wildman–Crippen MR) is 200 cm³/mol. The maximum absolute atomic E-state index is 2.45. The highest BCUT2D eigenvalue weighted by molar-refractivity contribution is 7.26. The molecular formula is C44H29NS. The summed E-state index contributed by atoms with van der Waals surface area (Å²) in [6.45, 7) is 0. The summed E-state index contributed by atoms with van der Waals surface area (Å²) in [6.07, 6.45) is 0. The summed E-state index contributed by atoms with van der Waals surface area (Å²) in [5.41, 5.74) is 8.32. The topological polar surface area (TPSA) is 3.24 Å². The lowest BCUT2D eigenvalue weighted by atomic mass is 9.97. The second-order valence-corrected chi connectivity index (χ2v) is 12.8. The normalized spacial score (nSPS) is 11.5. The molecule has 8 aromatic carbocycles. The van der Waals surface area contributed by atoms with Crippen molar-refractivity contribution in [2.24, 2.45) is 0 Å². The first-order chi connectivity index (χ1) is 22.8. The summed E-state index contributed by atoms with van der Waals surface area (Å²) < 4.78 is 2.66. The average Bonchev–Trinajstić information content (AvgIpc) is 3.52. The predicted octanol–water partition coefficient (Wildman–Crippen LogP) is 13.2. The molecule has 0 amide bonds. The van der Waals surface area contributed by atoms with Crippen molar-refractivity contribution in [1.82, 2.24) is 0 Å². The van der Waals surface area contributed by atoms with Gasteiger partial charge in [-0.1, -0.05) is 146 Å². The standard InChI is InChI=1S/C44H29NS/c1-2-13-30(14-3-1)35-17-8-10-23-41(35)45(42-29-32-15-4-5-16-34(32)37-18-6-7-19-38(37)42)33-27-25-31(26-28-33)36-21-12-22-40-39-20-9-11-24-43(39)46-44(36)40/h1-29H. The van der Waals surface area contributed by atoms with Gasteiger partial charge < -0.3 is 4.90 Å². The zero-order valence-corrected chi connectivity index (χ0v) is 25.9. The van der Waals surface area contributed by atoms with E-state index < -0.39 is 0 Å². The third kappa shape index (κ3) is 4.38. The van der Waals surface area contributed by atoms with Gasteiger partial charge in [0.05, 0.1) is 11.4 Å². The molecule has 0 aliphatic heterocycles. The van der Waals surface area contributed by atoms with E-state index in [1.165, 1.54) is 64.0 Å². The average molecular weight is 604 g/mol. The molecule has 46 heavy (non-hydrogen) atoms. The second-order valence-electron chi connectivity index (χ2n) is 11.7. The van der Waals surface area contributed by atoms with Gasteiger partial charge in [0.1, 0.15) is 0 Å². The van der Waals surface area contributed by atoms with Gasteiger partial charge in [-0.05, 0) is 63.2 Å². The summed E-state index contributed by atoms with van der Waals surface area (Å²) in [4.78, 5) is 2.45. The summed E-state index contributed by atoms with van der Waals surface area (Å²) >= 11 is 1.88. The van der Waals surface area contributed by atoms with Gasteiger partial charge in [-0.15, -0.1) is 11.3 Å². The number of rotatable bonds is 5. The van der Waals surface area contributed by atoms with Crippen LogP contribution in [0, 0.1) is 0 Å². The Labute approximate surface area is 272 Å². The highest BCUT2D eigenvalue weighted by atomic mass is 32.1. The van der Waals surface area contributed by atoms with E-state index in [1.807, 2.05) is 11.3 Å². The van der Waals surface area contributed by atoms with Gasteiger partial charge in [0.2, 0.25) is 0 Å². The number of benzene rings is 8. The lowest BCUT2D eigenvalue weighted by Crippen LogP contribution is -2.12. The van der Waals surface area contributed by atoms with Crippen molar-refractivity contribution in [3.05, 3.63) is 176 Å². The summed E-state index contributed by atoms with van der Waals surface area (Å²) in [7, 11) is 0. The maximum atomic E-state index is 2.45. The maximum Gasteiger partial charge on any atom is 0.0546 e. The summed E-state index contributed by atoms with van der Waals surface area (Å²) in [5.74, 6) is 0. The van der Waals surface area contributed by atoms with Crippen LogP contribution in [0.5, 0.6) is 0 Å². The molecule has 0 radical (unpaired) electrons. The van der Waals surface area contributed by atoms with Crippen LogP contribution < -0.4 is 4.90 Å². The Hall–Kier alpha value is -5.70. The lowest BCUT2D eigenvalue weighted by Gasteiger charge is -2.29. The van der Waals surface area contributed by atoms with Gasteiger partial charge in [-0.3, -0.25) is 0 Å². The molecule has 0 unspecified atom stereocenters. The number of thiophene rings is 1. The van der Waals surface area contributed by atoms with Gasteiger partial charge >= 0.3 is 0 Å². The van der Waals surface area contributed by atoms with Crippen LogP contribution >= 0.6 is 11.3 Å². The molecule has 216 valence electrons. The Morgan fingerprint density at radius 2 is 0.978 bits per heavy atom. The van der Waals surface area contributed by atoms with Crippen molar-refractivity contribution >= 4 is 70.1 Å². The van der Waals surface area contributed by atoms with Gasteiger partial charge in [0.25, 0.3) is 0 Å². The van der Waals surface area contributed by atoms with Crippen LogP contribution in [0.3, 0.4) is 0 Å². The van der Waals surface area contributed by atoms with E-state index in [0.29, 0.717) is 0 Å². The number of hydrogen-bond donors (Lipinski definition) is 0. The fourth-order valence-electron chi connectivity index (χ4n) is 6.92. The van der Waals surface area contributed by atoms with E-state index in [-0.39, 0.29) is 0 Å². The molecule has 0 spiro atoms. The van der Waals surface area contributed by atoms with Crippen LogP contribution in [0.15, 0.2) is 176 Å². The highest BCUT2D eigenvalue weighted by Gasteiger charge is 2.20. The van der Waals surface area contributed by atoms with Crippen molar-refractivity contribution in [3.63, 3.8) is 0 Å². The zero-order chi connectivity index (χ0) is 30.5. The number of nitrogens with zero attached hydrogens (tertiary/aromatic N) is 1. The summed E-state index contributed by atoms with van der Waals surface area (Å²) in [5, 5.41) is 7.63. The zero-order valence-electron chi connectivity index (χ0n) is 25.1. The molecule has 0 bridgehead atoms. The molecule has 1 heterocycles. The Kier molecular flexibility index (Phi) is 6.40. The van der Waals surface area contributed by atoms with E-state index in [9.17, 15) is 0 Å². The number of para-hydroxylation sites is 1. The van der Waals surface area contributed by atoms with Crippen LogP contribution in [0.25, 0.3) is 64.0 Å². The third-order valence-electron chi connectivity index (χ3n) is 9.06. The highest BCUT2D eigenvalue weighted by Crippen LogP contribution is 2.46. The second kappa shape index (κ2) is 11.0. The fourth-order valence-corrected chi connectivity index (χ4v) is 8.16. The van der Waals surface area contributed by atoms with Crippen LogP contribution in [0.2, 0.25) is 0 Å². The Morgan fingerprint density at radius 3 is 1.83 bits per heavy atom. The van der Waals surface area contributed by atoms with E-state index in [4.69, 9.17) is 0 Å². The number of hydrogen-bond acceptors (Lipinski definition) is 2. The molecule has 2 heteroatoms. The Balaban J connectivity index is 1.27. The number of fused-ring (bicyclic) bond motifs is 6. The summed E-state index contributed by atoms with van der Waals surface area (Å²) in [6, 6.07) is 63.9. The van der Waals surface area contributed by atoms with E-state index in [0.717, 1.165) is 17.1 Å². The molecule has 0 N–H and O–H groups in total. The van der Waals surface area contributed by atoms with E-state index in [2.05, 4.69) is 181 Å². The van der Waals surface area contributed by atoms with Crippen molar-refractivity contribution in [2.75, 3.05) is 4.90 Å². The quantitative estimate of drug-likeness (QED) is 0.177. The minimum Gasteiger partial charge on any atom is -0.309 e. The molecule has 0 saturated heterocycles. The minimum atomic E-state index is 1.12. The molecule has 9 aromatic rings. The molecule has 1 nitrogen and oxygen atoms in total. The Bertz CT molecular complexity index is 2530. The molecule has 0 fully saturated rings. The lowest BCUT2D eigenvalue weighted by molar-refractivity contribution is 1.30. The Morgan fingerprint density at radius 1 is 0.370 bits per heavy atom. The van der Waals surface area contributed by atoms with E-state index >= 15 is 0 Å². The first-order valence-corrected chi connectivity index (χ1v) is 16.5. The van der Waals surface area contributed by atoms with Gasteiger partial charge in [-0.2, -0.15) is 0 Å². The van der Waals surface area contributed by atoms with Gasteiger partial charge in [0, 0.05) is 36.8 Å². The van der Waals surface area contributed by atoms with Gasteiger partial charge in [-0.25, -0.2) is 0 Å². The van der Waals surface area contributed by atoms with Crippen molar-refractivity contribution in [3.8, 4) is 22.3 Å².